The number of nitrogens with two attached hydrogens (primary N) is 1. The fourth-order valence-corrected chi connectivity index (χ4v) is 3.18. The van der Waals surface area contributed by atoms with Crippen molar-refractivity contribution in [3.05, 3.63) is 30.5 Å². The monoisotopic (exact) mass is 387 g/mol. The maximum atomic E-state index is 12.5. The second-order valence-corrected chi connectivity index (χ2v) is 7.73. The standard InChI is InChI=1S/C20H25N3O5/c1-20(2,3)28-19(25)23-11-14(10-16(23)17(21)24)27-18-15-6-5-13(26-4)9-12(15)7-8-22-18/h5-9,14,16H,10-11H2,1-4H3,(H2,21,24)/t14-,16+/m1/s1. The van der Waals surface area contributed by atoms with Crippen LogP contribution in [-0.2, 0) is 9.53 Å². The molecule has 2 amide bonds. The van der Waals surface area contributed by atoms with Crippen LogP contribution in [0.1, 0.15) is 27.2 Å². The van der Waals surface area contributed by atoms with Gasteiger partial charge in [-0.2, -0.15) is 0 Å². The molecular weight excluding hydrogens is 362 g/mol. The van der Waals surface area contributed by atoms with Crippen molar-refractivity contribution >= 4 is 22.8 Å². The fourth-order valence-electron chi connectivity index (χ4n) is 3.18. The second kappa shape index (κ2) is 7.53. The van der Waals surface area contributed by atoms with E-state index in [4.69, 9.17) is 19.9 Å². The molecule has 2 heterocycles. The number of amides is 2. The molecule has 2 N–H and O–H groups in total. The lowest BCUT2D eigenvalue weighted by Gasteiger charge is -2.27. The Balaban J connectivity index is 1.81. The molecule has 0 saturated carbocycles. The van der Waals surface area contributed by atoms with Gasteiger partial charge in [0.05, 0.1) is 13.7 Å². The molecule has 0 radical (unpaired) electrons. The molecule has 1 aromatic heterocycles. The van der Waals surface area contributed by atoms with Gasteiger partial charge in [0.25, 0.3) is 0 Å². The zero-order chi connectivity index (χ0) is 20.5. The van der Waals surface area contributed by atoms with E-state index in [9.17, 15) is 9.59 Å². The van der Waals surface area contributed by atoms with Crippen molar-refractivity contribution < 1.29 is 23.8 Å². The van der Waals surface area contributed by atoms with E-state index in [1.54, 1.807) is 34.1 Å². The molecule has 1 saturated heterocycles. The maximum Gasteiger partial charge on any atom is 0.411 e. The lowest BCUT2D eigenvalue weighted by molar-refractivity contribution is -0.122. The van der Waals surface area contributed by atoms with Crippen LogP contribution in [0, 0.1) is 0 Å². The number of carbonyl (C=O) groups is 2. The molecule has 0 aliphatic carbocycles. The van der Waals surface area contributed by atoms with Gasteiger partial charge in [0.15, 0.2) is 0 Å². The van der Waals surface area contributed by atoms with Crippen LogP contribution in [0.5, 0.6) is 11.6 Å². The number of nitrogens with zero attached hydrogens (tertiary/aromatic N) is 2. The number of carbonyl (C=O) groups excluding carboxylic acids is 2. The second-order valence-electron chi connectivity index (χ2n) is 7.73. The van der Waals surface area contributed by atoms with Gasteiger partial charge in [-0.05, 0) is 50.4 Å². The predicted molar refractivity (Wildman–Crippen MR) is 103 cm³/mol. The van der Waals surface area contributed by atoms with Gasteiger partial charge in [-0.15, -0.1) is 0 Å². The van der Waals surface area contributed by atoms with Crippen molar-refractivity contribution in [3.8, 4) is 11.6 Å². The fraction of sp³-hybridized carbons (Fsp3) is 0.450. The number of hydrogen-bond acceptors (Lipinski definition) is 6. The molecule has 1 aliphatic heterocycles. The highest BCUT2D eigenvalue weighted by molar-refractivity contribution is 5.88. The Morgan fingerprint density at radius 2 is 2.00 bits per heavy atom. The maximum absolute atomic E-state index is 12.5. The zero-order valence-corrected chi connectivity index (χ0v) is 16.5. The Labute approximate surface area is 163 Å². The Hall–Kier alpha value is -3.03. The minimum Gasteiger partial charge on any atom is -0.497 e. The van der Waals surface area contributed by atoms with E-state index in [1.807, 2.05) is 24.3 Å². The molecule has 0 bridgehead atoms. The molecule has 150 valence electrons. The highest BCUT2D eigenvalue weighted by Crippen LogP contribution is 2.30. The summed E-state index contributed by atoms with van der Waals surface area (Å²) < 4.78 is 16.7. The number of fused-ring (bicyclic) bond motifs is 1. The number of hydrogen-bond donors (Lipinski definition) is 1. The molecule has 0 unspecified atom stereocenters. The van der Waals surface area contributed by atoms with E-state index < -0.39 is 29.7 Å². The van der Waals surface area contributed by atoms with Crippen LogP contribution in [0.3, 0.4) is 0 Å². The molecule has 8 heteroatoms. The van der Waals surface area contributed by atoms with Crippen LogP contribution in [0.4, 0.5) is 4.79 Å². The Bertz CT molecular complexity index is 893. The molecule has 8 nitrogen and oxygen atoms in total. The number of likely N-dealkylation sites (tertiary alicyclic amines) is 1. The Morgan fingerprint density at radius 3 is 2.64 bits per heavy atom. The van der Waals surface area contributed by atoms with Crippen molar-refractivity contribution in [3.63, 3.8) is 0 Å². The first-order chi connectivity index (χ1) is 13.2. The van der Waals surface area contributed by atoms with Crippen molar-refractivity contribution in [2.75, 3.05) is 13.7 Å². The van der Waals surface area contributed by atoms with Crippen LogP contribution in [0.2, 0.25) is 0 Å². The summed E-state index contributed by atoms with van der Waals surface area (Å²) in [7, 11) is 1.60. The molecule has 1 aromatic carbocycles. The van der Waals surface area contributed by atoms with Crippen LogP contribution in [0.15, 0.2) is 30.5 Å². The number of aromatic nitrogens is 1. The average Bonchev–Trinajstić information content (AvgIpc) is 3.04. The first kappa shape index (κ1) is 19.7. The lowest BCUT2D eigenvalue weighted by atomic mass is 10.1. The van der Waals surface area contributed by atoms with Crippen molar-refractivity contribution in [2.24, 2.45) is 5.73 Å². The zero-order valence-electron chi connectivity index (χ0n) is 16.5. The van der Waals surface area contributed by atoms with Crippen LogP contribution >= 0.6 is 0 Å². The lowest BCUT2D eigenvalue weighted by Crippen LogP contribution is -2.45. The molecule has 1 fully saturated rings. The van der Waals surface area contributed by atoms with E-state index in [1.165, 1.54) is 4.90 Å². The van der Waals surface area contributed by atoms with E-state index in [2.05, 4.69) is 4.98 Å². The Kier molecular flexibility index (Phi) is 5.31. The third kappa shape index (κ3) is 4.27. The summed E-state index contributed by atoms with van der Waals surface area (Å²) in [4.78, 5) is 30.0. The largest absolute Gasteiger partial charge is 0.497 e. The number of methoxy groups -OCH3 is 1. The third-order valence-corrected chi connectivity index (χ3v) is 4.43. The first-order valence-corrected chi connectivity index (χ1v) is 9.06. The predicted octanol–water partition coefficient (Wildman–Crippen LogP) is 2.49. The number of pyridine rings is 1. The third-order valence-electron chi connectivity index (χ3n) is 4.43. The van der Waals surface area contributed by atoms with E-state index in [0.717, 1.165) is 16.5 Å². The summed E-state index contributed by atoms with van der Waals surface area (Å²) >= 11 is 0. The smallest absolute Gasteiger partial charge is 0.411 e. The number of benzene rings is 1. The molecule has 1 aliphatic rings. The number of primary amides is 1. The van der Waals surface area contributed by atoms with Crippen LogP contribution in [0.25, 0.3) is 10.8 Å². The number of rotatable bonds is 4. The minimum atomic E-state index is -0.782. The Morgan fingerprint density at radius 1 is 1.25 bits per heavy atom. The quantitative estimate of drug-likeness (QED) is 0.864. The summed E-state index contributed by atoms with van der Waals surface area (Å²) in [5, 5.41) is 1.73. The highest BCUT2D eigenvalue weighted by atomic mass is 16.6. The van der Waals surface area contributed by atoms with Crippen LogP contribution in [-0.4, -0.2) is 53.3 Å². The topological polar surface area (TPSA) is 104 Å². The van der Waals surface area contributed by atoms with Crippen molar-refractivity contribution in [1.29, 1.82) is 0 Å². The normalized spacial score (nSPS) is 19.5. The summed E-state index contributed by atoms with van der Waals surface area (Å²) in [6.07, 6.45) is 0.912. The molecule has 3 rings (SSSR count). The van der Waals surface area contributed by atoms with Gasteiger partial charge in [0, 0.05) is 18.0 Å². The van der Waals surface area contributed by atoms with Crippen molar-refractivity contribution in [1.82, 2.24) is 9.88 Å². The minimum absolute atomic E-state index is 0.191. The number of ether oxygens (including phenoxy) is 3. The highest BCUT2D eigenvalue weighted by Gasteiger charge is 2.42. The SMILES string of the molecule is COc1ccc2c(O[C@@H]3C[C@@H](C(N)=O)N(C(=O)OC(C)(C)C)C3)nccc2c1. The average molecular weight is 387 g/mol. The molecule has 2 aromatic rings. The van der Waals surface area contributed by atoms with Gasteiger partial charge in [-0.3, -0.25) is 9.69 Å². The van der Waals surface area contributed by atoms with Crippen LogP contribution < -0.4 is 15.2 Å². The molecule has 2 atom stereocenters. The first-order valence-electron chi connectivity index (χ1n) is 9.06. The van der Waals surface area contributed by atoms with Gasteiger partial charge >= 0.3 is 6.09 Å². The van der Waals surface area contributed by atoms with E-state index in [0.29, 0.717) is 5.88 Å². The molecule has 28 heavy (non-hydrogen) atoms. The van der Waals surface area contributed by atoms with Crippen molar-refractivity contribution in [2.45, 2.75) is 44.9 Å². The van der Waals surface area contributed by atoms with Gasteiger partial charge in [-0.1, -0.05) is 0 Å². The van der Waals surface area contributed by atoms with E-state index >= 15 is 0 Å². The van der Waals surface area contributed by atoms with E-state index in [-0.39, 0.29) is 13.0 Å². The molecule has 0 spiro atoms. The molecular formula is C20H25N3O5. The van der Waals surface area contributed by atoms with Gasteiger partial charge < -0.3 is 19.9 Å². The summed E-state index contributed by atoms with van der Waals surface area (Å²) in [5.74, 6) is 0.572. The summed E-state index contributed by atoms with van der Waals surface area (Å²) in [6.45, 7) is 5.49. The van der Waals surface area contributed by atoms with Gasteiger partial charge in [0.2, 0.25) is 11.8 Å². The van der Waals surface area contributed by atoms with Gasteiger partial charge in [-0.25, -0.2) is 9.78 Å². The summed E-state index contributed by atoms with van der Waals surface area (Å²) in [5.41, 5.74) is 4.82. The van der Waals surface area contributed by atoms with Gasteiger partial charge in [0.1, 0.15) is 23.5 Å². The summed E-state index contributed by atoms with van der Waals surface area (Å²) in [6, 6.07) is 6.65.